The van der Waals surface area contributed by atoms with Crippen LogP contribution >= 0.6 is 11.3 Å². The molecule has 0 N–H and O–H groups in total. The lowest BCUT2D eigenvalue weighted by atomic mass is 10.1. The van der Waals surface area contributed by atoms with Crippen LogP contribution < -0.4 is 4.74 Å². The molecular weight excluding hydrogens is 206 g/mol. The summed E-state index contributed by atoms with van der Waals surface area (Å²) in [5.74, 6) is 0.747. The van der Waals surface area contributed by atoms with Gasteiger partial charge in [-0.1, -0.05) is 6.07 Å². The average Bonchev–Trinajstić information content (AvgIpc) is 2.81. The predicted octanol–water partition coefficient (Wildman–Crippen LogP) is 3.30. The number of hydrogen-bond donors (Lipinski definition) is 0. The highest BCUT2D eigenvalue weighted by Gasteiger charge is 2.07. The van der Waals surface area contributed by atoms with Gasteiger partial charge >= 0.3 is 0 Å². The monoisotopic (exact) mass is 215 g/mol. The van der Waals surface area contributed by atoms with E-state index in [9.17, 15) is 0 Å². The van der Waals surface area contributed by atoms with Crippen LogP contribution in [0.25, 0.3) is 10.4 Å². The van der Waals surface area contributed by atoms with Crippen LogP contribution in [-0.4, -0.2) is 7.11 Å². The lowest BCUT2D eigenvalue weighted by molar-refractivity contribution is 0.416. The Morgan fingerprint density at radius 3 is 2.80 bits per heavy atom. The SMILES string of the molecule is COc1cc(C#N)ccc1-c1cccs1. The summed E-state index contributed by atoms with van der Waals surface area (Å²) in [6, 6.07) is 11.6. The summed E-state index contributed by atoms with van der Waals surface area (Å²) in [5.41, 5.74) is 1.65. The lowest BCUT2D eigenvalue weighted by Gasteiger charge is -2.06. The molecule has 0 aliphatic heterocycles. The van der Waals surface area contributed by atoms with Gasteiger partial charge in [0.15, 0.2) is 0 Å². The number of thiophene rings is 1. The molecule has 0 aliphatic carbocycles. The molecule has 0 unspecified atom stereocenters. The molecule has 74 valence electrons. The molecule has 0 atom stereocenters. The molecular formula is C12H9NOS. The highest BCUT2D eigenvalue weighted by Crippen LogP contribution is 2.33. The van der Waals surface area contributed by atoms with Crippen molar-refractivity contribution in [1.29, 1.82) is 5.26 Å². The Morgan fingerprint density at radius 2 is 2.20 bits per heavy atom. The quantitative estimate of drug-likeness (QED) is 0.770. The summed E-state index contributed by atoms with van der Waals surface area (Å²) in [6.45, 7) is 0. The fourth-order valence-corrected chi connectivity index (χ4v) is 2.15. The van der Waals surface area contributed by atoms with E-state index < -0.39 is 0 Å². The van der Waals surface area contributed by atoms with E-state index in [-0.39, 0.29) is 0 Å². The van der Waals surface area contributed by atoms with Crippen LogP contribution in [0.2, 0.25) is 0 Å². The minimum absolute atomic E-state index is 0.618. The van der Waals surface area contributed by atoms with Crippen LogP contribution in [0.1, 0.15) is 5.56 Å². The van der Waals surface area contributed by atoms with Crippen molar-refractivity contribution in [2.75, 3.05) is 7.11 Å². The number of rotatable bonds is 2. The Bertz CT molecular complexity index is 497. The third-order valence-corrected chi connectivity index (χ3v) is 3.02. The van der Waals surface area contributed by atoms with Crippen LogP contribution in [0.5, 0.6) is 5.75 Å². The van der Waals surface area contributed by atoms with Gasteiger partial charge in [0.25, 0.3) is 0 Å². The van der Waals surface area contributed by atoms with Gasteiger partial charge in [0.05, 0.1) is 18.7 Å². The van der Waals surface area contributed by atoms with Crippen molar-refractivity contribution in [3.05, 3.63) is 41.3 Å². The molecule has 0 aliphatic rings. The van der Waals surface area contributed by atoms with Gasteiger partial charge in [-0.3, -0.25) is 0 Å². The molecule has 0 saturated heterocycles. The smallest absolute Gasteiger partial charge is 0.128 e. The van der Waals surface area contributed by atoms with Crippen molar-refractivity contribution in [2.45, 2.75) is 0 Å². The second-order valence-corrected chi connectivity index (χ2v) is 3.95. The minimum atomic E-state index is 0.618. The van der Waals surface area contributed by atoms with Crippen molar-refractivity contribution in [3.63, 3.8) is 0 Å². The Kier molecular flexibility index (Phi) is 2.70. The molecule has 0 radical (unpaired) electrons. The fraction of sp³-hybridized carbons (Fsp3) is 0.0833. The van der Waals surface area contributed by atoms with Gasteiger partial charge in [0.2, 0.25) is 0 Å². The van der Waals surface area contributed by atoms with Gasteiger partial charge in [-0.25, -0.2) is 0 Å². The third kappa shape index (κ3) is 1.85. The highest BCUT2D eigenvalue weighted by molar-refractivity contribution is 7.13. The maximum atomic E-state index is 8.78. The van der Waals surface area contributed by atoms with Gasteiger partial charge in [-0.05, 0) is 29.6 Å². The zero-order chi connectivity index (χ0) is 10.7. The summed E-state index contributed by atoms with van der Waals surface area (Å²) in [5, 5.41) is 10.8. The number of nitriles is 1. The summed E-state index contributed by atoms with van der Waals surface area (Å²) < 4.78 is 5.27. The van der Waals surface area contributed by atoms with Gasteiger partial charge in [-0.2, -0.15) is 5.26 Å². The molecule has 0 bridgehead atoms. The van der Waals surface area contributed by atoms with E-state index in [0.29, 0.717) is 5.56 Å². The van der Waals surface area contributed by atoms with E-state index >= 15 is 0 Å². The normalized spacial score (nSPS) is 9.60. The Labute approximate surface area is 92.4 Å². The Balaban J connectivity index is 2.54. The molecule has 0 spiro atoms. The van der Waals surface area contributed by atoms with E-state index in [0.717, 1.165) is 16.2 Å². The molecule has 2 aromatic rings. The average molecular weight is 215 g/mol. The standard InChI is InChI=1S/C12H9NOS/c1-14-11-7-9(8-13)4-5-10(11)12-3-2-6-15-12/h2-7H,1H3. The largest absolute Gasteiger partial charge is 0.496 e. The van der Waals surface area contributed by atoms with Crippen LogP contribution in [-0.2, 0) is 0 Å². The molecule has 0 saturated carbocycles. The molecule has 0 fully saturated rings. The van der Waals surface area contributed by atoms with E-state index in [4.69, 9.17) is 10.00 Å². The second kappa shape index (κ2) is 4.16. The number of nitrogens with zero attached hydrogens (tertiary/aromatic N) is 1. The van der Waals surface area contributed by atoms with E-state index in [2.05, 4.69) is 6.07 Å². The van der Waals surface area contributed by atoms with Crippen molar-refractivity contribution in [2.24, 2.45) is 0 Å². The van der Waals surface area contributed by atoms with Crippen LogP contribution in [0.4, 0.5) is 0 Å². The van der Waals surface area contributed by atoms with Gasteiger partial charge < -0.3 is 4.74 Å². The van der Waals surface area contributed by atoms with Gasteiger partial charge in [0, 0.05) is 10.4 Å². The van der Waals surface area contributed by atoms with E-state index in [1.54, 1.807) is 30.6 Å². The molecule has 1 aromatic carbocycles. The van der Waals surface area contributed by atoms with Crippen LogP contribution in [0.3, 0.4) is 0 Å². The molecule has 0 amide bonds. The maximum Gasteiger partial charge on any atom is 0.128 e. The number of hydrogen-bond acceptors (Lipinski definition) is 3. The summed E-state index contributed by atoms with van der Waals surface area (Å²) in [7, 11) is 1.62. The molecule has 3 heteroatoms. The first kappa shape index (κ1) is 9.75. The van der Waals surface area contributed by atoms with Crippen molar-refractivity contribution in [1.82, 2.24) is 0 Å². The number of methoxy groups -OCH3 is 1. The van der Waals surface area contributed by atoms with Gasteiger partial charge in [-0.15, -0.1) is 11.3 Å². The first-order valence-electron chi connectivity index (χ1n) is 4.47. The zero-order valence-electron chi connectivity index (χ0n) is 8.23. The third-order valence-electron chi connectivity index (χ3n) is 2.12. The summed E-state index contributed by atoms with van der Waals surface area (Å²) >= 11 is 1.66. The first-order valence-corrected chi connectivity index (χ1v) is 5.35. The summed E-state index contributed by atoms with van der Waals surface area (Å²) in [4.78, 5) is 1.15. The first-order chi connectivity index (χ1) is 7.35. The fourth-order valence-electron chi connectivity index (χ4n) is 1.40. The van der Waals surface area contributed by atoms with Crippen molar-refractivity contribution >= 4 is 11.3 Å². The summed E-state index contributed by atoms with van der Waals surface area (Å²) in [6.07, 6.45) is 0. The van der Waals surface area contributed by atoms with E-state index in [1.165, 1.54) is 0 Å². The predicted molar refractivity (Wildman–Crippen MR) is 61.0 cm³/mol. The van der Waals surface area contributed by atoms with Crippen molar-refractivity contribution < 1.29 is 4.74 Å². The maximum absolute atomic E-state index is 8.78. The number of benzene rings is 1. The molecule has 15 heavy (non-hydrogen) atoms. The van der Waals surface area contributed by atoms with Crippen LogP contribution in [0, 0.1) is 11.3 Å². The Morgan fingerprint density at radius 1 is 1.33 bits per heavy atom. The van der Waals surface area contributed by atoms with E-state index in [1.807, 2.05) is 23.6 Å². The number of ether oxygens (including phenoxy) is 1. The minimum Gasteiger partial charge on any atom is -0.496 e. The zero-order valence-corrected chi connectivity index (χ0v) is 9.04. The Hall–Kier alpha value is -1.79. The molecule has 1 aromatic heterocycles. The topological polar surface area (TPSA) is 33.0 Å². The van der Waals surface area contributed by atoms with Crippen molar-refractivity contribution in [3.8, 4) is 22.3 Å². The lowest BCUT2D eigenvalue weighted by Crippen LogP contribution is -1.87. The highest BCUT2D eigenvalue weighted by atomic mass is 32.1. The van der Waals surface area contributed by atoms with Gasteiger partial charge in [0.1, 0.15) is 5.75 Å². The van der Waals surface area contributed by atoms with Crippen LogP contribution in [0.15, 0.2) is 35.7 Å². The second-order valence-electron chi connectivity index (χ2n) is 3.00. The molecule has 1 heterocycles. The molecule has 2 nitrogen and oxygen atoms in total. The molecule has 2 rings (SSSR count).